The summed E-state index contributed by atoms with van der Waals surface area (Å²) in [6, 6.07) is 6.36. The van der Waals surface area contributed by atoms with Gasteiger partial charge in [-0.15, -0.1) is 11.8 Å². The molecule has 0 aliphatic heterocycles. The first-order valence-electron chi connectivity index (χ1n) is 4.45. The van der Waals surface area contributed by atoms with Gasteiger partial charge in [-0.3, -0.25) is 0 Å². The molecule has 0 aromatic heterocycles. The number of hydrogen-bond donors (Lipinski definition) is 1. The maximum absolute atomic E-state index is 9.23. The van der Waals surface area contributed by atoms with E-state index in [0.717, 1.165) is 6.42 Å². The summed E-state index contributed by atoms with van der Waals surface area (Å²) in [5.41, 5.74) is 2.52. The quantitative estimate of drug-likeness (QED) is 0.750. The smallest absolute Gasteiger partial charge is 0.0552 e. The van der Waals surface area contributed by atoms with Crippen molar-refractivity contribution in [1.82, 2.24) is 0 Å². The molecule has 1 unspecified atom stereocenters. The van der Waals surface area contributed by atoms with E-state index in [1.54, 1.807) is 11.8 Å². The molecule has 0 heterocycles. The van der Waals surface area contributed by atoms with Gasteiger partial charge in [-0.25, -0.2) is 0 Å². The number of aryl methyl sites for hydroxylation is 1. The highest BCUT2D eigenvalue weighted by Crippen LogP contribution is 2.21. The molecule has 2 heteroatoms. The van der Waals surface area contributed by atoms with Crippen LogP contribution in [0.1, 0.15) is 18.1 Å². The van der Waals surface area contributed by atoms with Crippen LogP contribution in [-0.4, -0.2) is 17.5 Å². The standard InChI is InChI=1S/C11H16OS/c1-8-4-5-10(6-9(2)12)7-11(8)13-3/h4-5,7,9,12H,6H2,1-3H3. The fraction of sp³-hybridized carbons (Fsp3) is 0.455. The molecule has 0 saturated heterocycles. The minimum Gasteiger partial charge on any atom is -0.393 e. The van der Waals surface area contributed by atoms with Gasteiger partial charge in [0.15, 0.2) is 0 Å². The molecule has 0 saturated carbocycles. The van der Waals surface area contributed by atoms with Crippen molar-refractivity contribution in [3.8, 4) is 0 Å². The van der Waals surface area contributed by atoms with Crippen LogP contribution in [0.15, 0.2) is 23.1 Å². The van der Waals surface area contributed by atoms with Crippen molar-refractivity contribution >= 4 is 11.8 Å². The van der Waals surface area contributed by atoms with E-state index in [9.17, 15) is 5.11 Å². The molecule has 0 aliphatic rings. The molecule has 0 amide bonds. The van der Waals surface area contributed by atoms with Crippen molar-refractivity contribution in [3.05, 3.63) is 29.3 Å². The van der Waals surface area contributed by atoms with Crippen molar-refractivity contribution < 1.29 is 5.11 Å². The molecule has 13 heavy (non-hydrogen) atoms. The molecule has 1 atom stereocenters. The predicted molar refractivity (Wildman–Crippen MR) is 58.3 cm³/mol. The van der Waals surface area contributed by atoms with Crippen molar-refractivity contribution in [2.75, 3.05) is 6.26 Å². The number of benzene rings is 1. The fourth-order valence-corrected chi connectivity index (χ4v) is 1.99. The largest absolute Gasteiger partial charge is 0.393 e. The Morgan fingerprint density at radius 3 is 2.69 bits per heavy atom. The molecule has 1 aromatic rings. The molecule has 0 radical (unpaired) electrons. The van der Waals surface area contributed by atoms with Crippen LogP contribution >= 0.6 is 11.8 Å². The second-order valence-electron chi connectivity index (χ2n) is 3.36. The van der Waals surface area contributed by atoms with Crippen molar-refractivity contribution in [2.45, 2.75) is 31.3 Å². The minimum atomic E-state index is -0.252. The first-order valence-corrected chi connectivity index (χ1v) is 5.67. The maximum Gasteiger partial charge on any atom is 0.0552 e. The molecule has 1 nitrogen and oxygen atoms in total. The Kier molecular flexibility index (Phi) is 3.82. The Bertz CT molecular complexity index is 281. The van der Waals surface area contributed by atoms with Crippen LogP contribution in [-0.2, 0) is 6.42 Å². The van der Waals surface area contributed by atoms with E-state index in [1.165, 1.54) is 16.0 Å². The van der Waals surface area contributed by atoms with E-state index < -0.39 is 0 Å². The van der Waals surface area contributed by atoms with Gasteiger partial charge >= 0.3 is 0 Å². The average molecular weight is 196 g/mol. The van der Waals surface area contributed by atoms with Gasteiger partial charge in [0, 0.05) is 4.90 Å². The molecule has 1 aromatic carbocycles. The lowest BCUT2D eigenvalue weighted by Crippen LogP contribution is -2.04. The van der Waals surface area contributed by atoms with Crippen molar-refractivity contribution in [2.24, 2.45) is 0 Å². The first kappa shape index (κ1) is 10.6. The predicted octanol–water partition coefficient (Wildman–Crippen LogP) is 2.64. The molecule has 0 fully saturated rings. The van der Waals surface area contributed by atoms with Gasteiger partial charge in [0.1, 0.15) is 0 Å². The van der Waals surface area contributed by atoms with Gasteiger partial charge in [-0.2, -0.15) is 0 Å². The first-order chi connectivity index (χ1) is 6.13. The maximum atomic E-state index is 9.23. The average Bonchev–Trinajstić information content (AvgIpc) is 2.07. The summed E-state index contributed by atoms with van der Waals surface area (Å²) in [4.78, 5) is 1.30. The summed E-state index contributed by atoms with van der Waals surface area (Å²) in [5.74, 6) is 0. The monoisotopic (exact) mass is 196 g/mol. The second-order valence-corrected chi connectivity index (χ2v) is 4.21. The van der Waals surface area contributed by atoms with Crippen LogP contribution in [0.25, 0.3) is 0 Å². The van der Waals surface area contributed by atoms with Gasteiger partial charge in [0.25, 0.3) is 0 Å². The van der Waals surface area contributed by atoms with Crippen LogP contribution in [0.2, 0.25) is 0 Å². The van der Waals surface area contributed by atoms with Crippen LogP contribution in [0.3, 0.4) is 0 Å². The lowest BCUT2D eigenvalue weighted by Gasteiger charge is -2.07. The number of aliphatic hydroxyl groups is 1. The van der Waals surface area contributed by atoms with E-state index in [0.29, 0.717) is 0 Å². The van der Waals surface area contributed by atoms with E-state index >= 15 is 0 Å². The third-order valence-electron chi connectivity index (χ3n) is 2.00. The van der Waals surface area contributed by atoms with Gasteiger partial charge in [0.05, 0.1) is 6.10 Å². The summed E-state index contributed by atoms with van der Waals surface area (Å²) < 4.78 is 0. The van der Waals surface area contributed by atoms with Gasteiger partial charge in [-0.05, 0) is 43.7 Å². The van der Waals surface area contributed by atoms with Crippen molar-refractivity contribution in [3.63, 3.8) is 0 Å². The van der Waals surface area contributed by atoms with Gasteiger partial charge in [-0.1, -0.05) is 12.1 Å². The van der Waals surface area contributed by atoms with Crippen molar-refractivity contribution in [1.29, 1.82) is 0 Å². The highest BCUT2D eigenvalue weighted by Gasteiger charge is 2.02. The summed E-state index contributed by atoms with van der Waals surface area (Å²) in [6.07, 6.45) is 2.57. The molecule has 1 rings (SSSR count). The second kappa shape index (κ2) is 4.68. The zero-order chi connectivity index (χ0) is 9.84. The number of aliphatic hydroxyl groups excluding tert-OH is 1. The van der Waals surface area contributed by atoms with Gasteiger partial charge < -0.3 is 5.11 Å². The molecule has 0 bridgehead atoms. The van der Waals surface area contributed by atoms with Crippen LogP contribution in [0, 0.1) is 6.92 Å². The van der Waals surface area contributed by atoms with Crippen LogP contribution in [0.5, 0.6) is 0 Å². The molecule has 72 valence electrons. The van der Waals surface area contributed by atoms with Crippen LogP contribution < -0.4 is 0 Å². The Balaban J connectivity index is 2.86. The Hall–Kier alpha value is -0.470. The minimum absolute atomic E-state index is 0.252. The van der Waals surface area contributed by atoms with E-state index in [-0.39, 0.29) is 6.10 Å². The third kappa shape index (κ3) is 3.05. The van der Waals surface area contributed by atoms with E-state index in [4.69, 9.17) is 0 Å². The normalized spacial score (nSPS) is 12.9. The number of rotatable bonds is 3. The zero-order valence-corrected chi connectivity index (χ0v) is 9.19. The Morgan fingerprint density at radius 2 is 2.15 bits per heavy atom. The van der Waals surface area contributed by atoms with Crippen LogP contribution in [0.4, 0.5) is 0 Å². The summed E-state index contributed by atoms with van der Waals surface area (Å²) in [5, 5.41) is 9.23. The third-order valence-corrected chi connectivity index (χ3v) is 2.88. The number of thioether (sulfide) groups is 1. The molecular weight excluding hydrogens is 180 g/mol. The number of hydrogen-bond acceptors (Lipinski definition) is 2. The lowest BCUT2D eigenvalue weighted by molar-refractivity contribution is 0.195. The van der Waals surface area contributed by atoms with E-state index in [2.05, 4.69) is 31.4 Å². The molecule has 0 aliphatic carbocycles. The zero-order valence-electron chi connectivity index (χ0n) is 8.37. The lowest BCUT2D eigenvalue weighted by atomic mass is 10.1. The fourth-order valence-electron chi connectivity index (χ4n) is 1.33. The highest BCUT2D eigenvalue weighted by atomic mass is 32.2. The summed E-state index contributed by atoms with van der Waals surface area (Å²) in [6.45, 7) is 3.93. The van der Waals surface area contributed by atoms with Gasteiger partial charge in [0.2, 0.25) is 0 Å². The summed E-state index contributed by atoms with van der Waals surface area (Å²) >= 11 is 1.76. The molecule has 0 spiro atoms. The van der Waals surface area contributed by atoms with E-state index in [1.807, 2.05) is 6.92 Å². The topological polar surface area (TPSA) is 20.2 Å². The Morgan fingerprint density at radius 1 is 1.46 bits per heavy atom. The summed E-state index contributed by atoms with van der Waals surface area (Å²) in [7, 11) is 0. The SMILES string of the molecule is CSc1cc(CC(C)O)ccc1C. The highest BCUT2D eigenvalue weighted by molar-refractivity contribution is 7.98. The molecular formula is C11H16OS. The molecule has 1 N–H and O–H groups in total. The Labute approximate surface area is 84.2 Å².